The first kappa shape index (κ1) is 13.4. The first-order valence-electron chi connectivity index (χ1n) is 7.60. The van der Waals surface area contributed by atoms with Gasteiger partial charge in [-0.3, -0.25) is 0 Å². The second kappa shape index (κ2) is 5.06. The minimum Gasteiger partial charge on any atom is -0.343 e. The Bertz CT molecular complexity index is 448. The molecule has 3 rings (SSSR count). The topological polar surface area (TPSA) is 28.2 Å². The van der Waals surface area contributed by atoms with Crippen LogP contribution in [0.15, 0.2) is 0 Å². The molecule has 1 aromatic heterocycles. The summed E-state index contributed by atoms with van der Waals surface area (Å²) in [5.74, 6) is 0.754. The van der Waals surface area contributed by atoms with Gasteiger partial charge in [-0.1, -0.05) is 6.92 Å². The number of nitrogens with zero attached hydrogens (tertiary/aromatic N) is 2. The van der Waals surface area contributed by atoms with Crippen molar-refractivity contribution < 1.29 is 0 Å². The molecule has 2 heterocycles. The van der Waals surface area contributed by atoms with E-state index in [2.05, 4.69) is 31.0 Å². The Morgan fingerprint density at radius 3 is 2.79 bits per heavy atom. The van der Waals surface area contributed by atoms with Crippen molar-refractivity contribution in [1.29, 1.82) is 0 Å². The summed E-state index contributed by atoms with van der Waals surface area (Å²) in [5.41, 5.74) is 1.68. The summed E-state index contributed by atoms with van der Waals surface area (Å²) in [5, 5.41) is 4.73. The van der Waals surface area contributed by atoms with E-state index in [9.17, 15) is 0 Å². The number of aromatic nitrogens is 1. The summed E-state index contributed by atoms with van der Waals surface area (Å²) in [4.78, 5) is 9.01. The highest BCUT2D eigenvalue weighted by molar-refractivity contribution is 7.15. The molecule has 2 aliphatic rings. The van der Waals surface area contributed by atoms with Crippen molar-refractivity contribution in [2.75, 3.05) is 18.0 Å². The zero-order valence-corrected chi connectivity index (χ0v) is 13.1. The van der Waals surface area contributed by atoms with Gasteiger partial charge in [-0.25, -0.2) is 4.98 Å². The van der Waals surface area contributed by atoms with Crippen molar-refractivity contribution in [3.8, 4) is 0 Å². The van der Waals surface area contributed by atoms with Crippen molar-refractivity contribution in [2.45, 2.75) is 64.5 Å². The van der Waals surface area contributed by atoms with Gasteiger partial charge in [-0.05, 0) is 46.1 Å². The molecule has 1 saturated heterocycles. The quantitative estimate of drug-likeness (QED) is 0.894. The fraction of sp³-hybridized carbons (Fsp3) is 0.800. The monoisotopic (exact) mass is 279 g/mol. The van der Waals surface area contributed by atoms with Gasteiger partial charge >= 0.3 is 0 Å². The predicted octanol–water partition coefficient (Wildman–Crippen LogP) is 3.51. The van der Waals surface area contributed by atoms with Gasteiger partial charge in [0.1, 0.15) is 0 Å². The molecule has 1 aromatic rings. The zero-order chi connectivity index (χ0) is 13.5. The van der Waals surface area contributed by atoms with E-state index in [0.717, 1.165) is 19.0 Å². The Morgan fingerprint density at radius 2 is 2.21 bits per heavy atom. The van der Waals surface area contributed by atoms with Gasteiger partial charge in [0.15, 0.2) is 5.13 Å². The van der Waals surface area contributed by atoms with Crippen LogP contribution in [0.4, 0.5) is 5.13 Å². The Hall–Kier alpha value is -0.610. The highest BCUT2D eigenvalue weighted by Crippen LogP contribution is 2.45. The number of anilines is 1. The molecule has 0 spiro atoms. The maximum Gasteiger partial charge on any atom is 0.186 e. The van der Waals surface area contributed by atoms with E-state index >= 15 is 0 Å². The number of rotatable bonds is 5. The largest absolute Gasteiger partial charge is 0.343 e. The van der Waals surface area contributed by atoms with Crippen LogP contribution in [0.2, 0.25) is 0 Å². The third kappa shape index (κ3) is 2.65. The number of thiazole rings is 1. The lowest BCUT2D eigenvalue weighted by Crippen LogP contribution is -2.38. The molecule has 0 bridgehead atoms. The van der Waals surface area contributed by atoms with E-state index < -0.39 is 0 Å². The first-order chi connectivity index (χ1) is 9.12. The standard InChI is InChI=1S/C15H25N3S/c1-4-16-10-12-13(11-6-7-11)17-14(19-12)18-9-5-8-15(18,2)3/h11,16H,4-10H2,1-3H3. The molecule has 0 aromatic carbocycles. The summed E-state index contributed by atoms with van der Waals surface area (Å²) >= 11 is 1.92. The maximum absolute atomic E-state index is 5.01. The minimum absolute atomic E-state index is 0.286. The maximum atomic E-state index is 5.01. The van der Waals surface area contributed by atoms with Crippen LogP contribution in [0, 0.1) is 0 Å². The second-order valence-electron chi connectivity index (χ2n) is 6.43. The fourth-order valence-electron chi connectivity index (χ4n) is 2.97. The van der Waals surface area contributed by atoms with Crippen LogP contribution >= 0.6 is 11.3 Å². The molecule has 1 aliphatic carbocycles. The van der Waals surface area contributed by atoms with Crippen LogP contribution in [0.25, 0.3) is 0 Å². The molecule has 19 heavy (non-hydrogen) atoms. The first-order valence-corrected chi connectivity index (χ1v) is 8.41. The van der Waals surface area contributed by atoms with Crippen LogP contribution in [0.1, 0.15) is 62.9 Å². The zero-order valence-electron chi connectivity index (χ0n) is 12.3. The Labute approximate surface area is 120 Å². The van der Waals surface area contributed by atoms with E-state index in [0.29, 0.717) is 0 Å². The van der Waals surface area contributed by atoms with Gasteiger partial charge in [0.05, 0.1) is 5.69 Å². The highest BCUT2D eigenvalue weighted by Gasteiger charge is 2.36. The SMILES string of the molecule is CCNCc1sc(N2CCCC2(C)C)nc1C1CC1. The lowest BCUT2D eigenvalue weighted by atomic mass is 10.0. The van der Waals surface area contributed by atoms with Crippen molar-refractivity contribution in [3.63, 3.8) is 0 Å². The molecule has 0 atom stereocenters. The molecule has 106 valence electrons. The van der Waals surface area contributed by atoms with Crippen molar-refractivity contribution >= 4 is 16.5 Å². The van der Waals surface area contributed by atoms with Gasteiger partial charge in [-0.2, -0.15) is 0 Å². The molecule has 1 N–H and O–H groups in total. The molecular weight excluding hydrogens is 254 g/mol. The van der Waals surface area contributed by atoms with Crippen LogP contribution in [0.3, 0.4) is 0 Å². The highest BCUT2D eigenvalue weighted by atomic mass is 32.1. The van der Waals surface area contributed by atoms with E-state index in [-0.39, 0.29) is 5.54 Å². The van der Waals surface area contributed by atoms with Gasteiger partial charge in [0.25, 0.3) is 0 Å². The van der Waals surface area contributed by atoms with Crippen LogP contribution in [-0.2, 0) is 6.54 Å². The molecule has 2 fully saturated rings. The Morgan fingerprint density at radius 1 is 1.42 bits per heavy atom. The van der Waals surface area contributed by atoms with Crippen LogP contribution in [0.5, 0.6) is 0 Å². The van der Waals surface area contributed by atoms with E-state index in [1.807, 2.05) is 11.3 Å². The normalized spacial score (nSPS) is 22.2. The minimum atomic E-state index is 0.286. The Balaban J connectivity index is 1.85. The molecular formula is C15H25N3S. The number of nitrogens with one attached hydrogen (secondary N) is 1. The van der Waals surface area contributed by atoms with Crippen molar-refractivity contribution in [3.05, 3.63) is 10.6 Å². The number of hydrogen-bond donors (Lipinski definition) is 1. The average molecular weight is 279 g/mol. The summed E-state index contributed by atoms with van der Waals surface area (Å²) < 4.78 is 0. The third-order valence-corrected chi connectivity index (χ3v) is 5.44. The van der Waals surface area contributed by atoms with Crippen LogP contribution < -0.4 is 10.2 Å². The second-order valence-corrected chi connectivity index (χ2v) is 7.49. The molecule has 0 radical (unpaired) electrons. The number of hydrogen-bond acceptors (Lipinski definition) is 4. The van der Waals surface area contributed by atoms with E-state index in [1.165, 1.54) is 47.9 Å². The third-order valence-electron chi connectivity index (χ3n) is 4.35. The average Bonchev–Trinajstić information content (AvgIpc) is 3.03. The molecule has 1 saturated carbocycles. The fourth-order valence-corrected chi connectivity index (χ4v) is 4.27. The van der Waals surface area contributed by atoms with Gasteiger partial charge in [-0.15, -0.1) is 11.3 Å². The lowest BCUT2D eigenvalue weighted by Gasteiger charge is -2.31. The van der Waals surface area contributed by atoms with Crippen molar-refractivity contribution in [1.82, 2.24) is 10.3 Å². The van der Waals surface area contributed by atoms with Gasteiger partial charge in [0.2, 0.25) is 0 Å². The summed E-state index contributed by atoms with van der Waals surface area (Å²) in [6.45, 7) is 10.1. The lowest BCUT2D eigenvalue weighted by molar-refractivity contribution is 0.517. The predicted molar refractivity (Wildman–Crippen MR) is 82.1 cm³/mol. The molecule has 0 unspecified atom stereocenters. The molecule has 4 heteroatoms. The smallest absolute Gasteiger partial charge is 0.186 e. The van der Waals surface area contributed by atoms with Crippen molar-refractivity contribution in [2.24, 2.45) is 0 Å². The van der Waals surface area contributed by atoms with Crippen LogP contribution in [-0.4, -0.2) is 23.6 Å². The van der Waals surface area contributed by atoms with Gasteiger partial charge < -0.3 is 10.2 Å². The van der Waals surface area contributed by atoms with E-state index in [1.54, 1.807) is 0 Å². The summed E-state index contributed by atoms with van der Waals surface area (Å²) in [6, 6.07) is 0. The van der Waals surface area contributed by atoms with E-state index in [4.69, 9.17) is 4.98 Å². The Kier molecular flexibility index (Phi) is 3.56. The molecule has 0 amide bonds. The summed E-state index contributed by atoms with van der Waals surface area (Å²) in [7, 11) is 0. The van der Waals surface area contributed by atoms with Gasteiger partial charge in [0, 0.05) is 29.4 Å². The molecule has 1 aliphatic heterocycles. The molecule has 3 nitrogen and oxygen atoms in total. The summed E-state index contributed by atoms with van der Waals surface area (Å²) in [6.07, 6.45) is 5.26.